The van der Waals surface area contributed by atoms with E-state index in [-0.39, 0.29) is 17.9 Å². The van der Waals surface area contributed by atoms with E-state index in [1.54, 1.807) is 6.92 Å². The minimum absolute atomic E-state index is 0.212. The van der Waals surface area contributed by atoms with Gasteiger partial charge in [0, 0.05) is 12.0 Å². The Morgan fingerprint density at radius 1 is 1.37 bits per heavy atom. The normalized spacial score (nSPS) is 15.1. The van der Waals surface area contributed by atoms with Gasteiger partial charge in [-0.15, -0.1) is 5.10 Å². The summed E-state index contributed by atoms with van der Waals surface area (Å²) >= 11 is 1.09. The molecule has 0 spiro atoms. The molecule has 5 nitrogen and oxygen atoms in total. The maximum absolute atomic E-state index is 12.1. The number of nitrogens with one attached hydrogen (secondary N) is 1. The molecular weight excluding hydrogens is 262 g/mol. The highest BCUT2D eigenvalue weighted by atomic mass is 32.1. The smallest absolute Gasteiger partial charge is 0.265 e. The van der Waals surface area contributed by atoms with Crippen LogP contribution in [0.1, 0.15) is 62.8 Å². The Balaban J connectivity index is 2.73. The standard InChI is InChI=1S/C13H23N3O2S/c1-6-7-13(5,18)8-14-11(17)9-10(12(2,3)4)15-16-19-9/h18H,6-8H2,1-5H3,(H,14,17). The van der Waals surface area contributed by atoms with Gasteiger partial charge in [-0.3, -0.25) is 4.79 Å². The van der Waals surface area contributed by atoms with Crippen LogP contribution in [0.15, 0.2) is 0 Å². The molecule has 0 bridgehead atoms. The highest BCUT2D eigenvalue weighted by Crippen LogP contribution is 2.25. The van der Waals surface area contributed by atoms with E-state index in [1.165, 1.54) is 0 Å². The third-order valence-corrected chi connectivity index (χ3v) is 3.55. The molecule has 0 radical (unpaired) electrons. The largest absolute Gasteiger partial charge is 0.388 e. The van der Waals surface area contributed by atoms with Gasteiger partial charge in [-0.2, -0.15) is 0 Å². The van der Waals surface area contributed by atoms with Crippen LogP contribution in [0.2, 0.25) is 0 Å². The SMILES string of the molecule is CCCC(C)(O)CNC(=O)c1snnc1C(C)(C)C. The van der Waals surface area contributed by atoms with Crippen molar-refractivity contribution in [1.82, 2.24) is 14.9 Å². The number of aromatic nitrogens is 2. The first-order chi connectivity index (χ1) is 8.67. The van der Waals surface area contributed by atoms with Gasteiger partial charge in [0.05, 0.1) is 11.3 Å². The van der Waals surface area contributed by atoms with Crippen molar-refractivity contribution in [3.8, 4) is 0 Å². The lowest BCUT2D eigenvalue weighted by atomic mass is 9.91. The van der Waals surface area contributed by atoms with Gasteiger partial charge < -0.3 is 10.4 Å². The van der Waals surface area contributed by atoms with E-state index in [1.807, 2.05) is 27.7 Å². The Morgan fingerprint density at radius 2 is 2.00 bits per heavy atom. The third-order valence-electron chi connectivity index (χ3n) is 2.82. The van der Waals surface area contributed by atoms with Crippen LogP contribution in [0.25, 0.3) is 0 Å². The second-order valence-electron chi connectivity index (χ2n) is 6.13. The molecule has 108 valence electrons. The number of rotatable bonds is 5. The summed E-state index contributed by atoms with van der Waals surface area (Å²) in [6, 6.07) is 0. The molecule has 1 aromatic heterocycles. The first-order valence-corrected chi connectivity index (χ1v) is 7.28. The van der Waals surface area contributed by atoms with Crippen LogP contribution >= 0.6 is 11.5 Å². The van der Waals surface area contributed by atoms with Gasteiger partial charge in [0.25, 0.3) is 5.91 Å². The maximum atomic E-state index is 12.1. The molecule has 1 unspecified atom stereocenters. The summed E-state index contributed by atoms with van der Waals surface area (Å²) in [5, 5.41) is 16.8. The van der Waals surface area contributed by atoms with Gasteiger partial charge in [0.1, 0.15) is 4.88 Å². The first-order valence-electron chi connectivity index (χ1n) is 6.51. The van der Waals surface area contributed by atoms with Crippen LogP contribution in [-0.2, 0) is 5.41 Å². The Morgan fingerprint density at radius 3 is 2.53 bits per heavy atom. The lowest BCUT2D eigenvalue weighted by Gasteiger charge is -2.23. The van der Waals surface area contributed by atoms with E-state index in [0.29, 0.717) is 17.0 Å². The maximum Gasteiger partial charge on any atom is 0.265 e. The van der Waals surface area contributed by atoms with E-state index in [0.717, 1.165) is 18.0 Å². The zero-order valence-electron chi connectivity index (χ0n) is 12.3. The molecule has 0 fully saturated rings. The molecule has 1 aromatic rings. The van der Waals surface area contributed by atoms with Crippen LogP contribution in [0, 0.1) is 0 Å². The summed E-state index contributed by atoms with van der Waals surface area (Å²) in [6.45, 7) is 9.95. The van der Waals surface area contributed by atoms with Gasteiger partial charge in [-0.25, -0.2) is 0 Å². The number of carbonyl (C=O) groups is 1. The minimum atomic E-state index is -0.871. The van der Waals surface area contributed by atoms with Crippen molar-refractivity contribution in [1.29, 1.82) is 0 Å². The van der Waals surface area contributed by atoms with Crippen LogP contribution in [-0.4, -0.2) is 32.7 Å². The van der Waals surface area contributed by atoms with Crippen LogP contribution in [0.3, 0.4) is 0 Å². The van der Waals surface area contributed by atoms with Gasteiger partial charge in [-0.1, -0.05) is 38.6 Å². The summed E-state index contributed by atoms with van der Waals surface area (Å²) in [5.41, 5.74) is -0.388. The molecule has 1 rings (SSSR count). The van der Waals surface area contributed by atoms with Crippen molar-refractivity contribution in [2.24, 2.45) is 0 Å². The Labute approximate surface area is 118 Å². The Hall–Kier alpha value is -1.01. The molecule has 0 aliphatic rings. The highest BCUT2D eigenvalue weighted by molar-refractivity contribution is 7.08. The number of amides is 1. The molecule has 0 saturated carbocycles. The summed E-state index contributed by atoms with van der Waals surface area (Å²) in [5.74, 6) is -0.212. The first kappa shape index (κ1) is 16.0. The summed E-state index contributed by atoms with van der Waals surface area (Å²) in [4.78, 5) is 12.7. The summed E-state index contributed by atoms with van der Waals surface area (Å²) in [6.07, 6.45) is 1.53. The fourth-order valence-electron chi connectivity index (χ4n) is 1.81. The van der Waals surface area contributed by atoms with Crippen molar-refractivity contribution >= 4 is 17.4 Å². The van der Waals surface area contributed by atoms with Gasteiger partial charge >= 0.3 is 0 Å². The number of aliphatic hydroxyl groups is 1. The van der Waals surface area contributed by atoms with Crippen molar-refractivity contribution in [2.45, 2.75) is 58.5 Å². The molecule has 0 aromatic carbocycles. The summed E-state index contributed by atoms with van der Waals surface area (Å²) in [7, 11) is 0. The van der Waals surface area contributed by atoms with Crippen molar-refractivity contribution < 1.29 is 9.90 Å². The van der Waals surface area contributed by atoms with Crippen molar-refractivity contribution in [3.63, 3.8) is 0 Å². The molecule has 1 heterocycles. The molecule has 0 aliphatic heterocycles. The van der Waals surface area contributed by atoms with E-state index < -0.39 is 5.60 Å². The van der Waals surface area contributed by atoms with E-state index in [9.17, 15) is 9.90 Å². The molecule has 1 amide bonds. The number of hydrogen-bond acceptors (Lipinski definition) is 5. The van der Waals surface area contributed by atoms with Crippen LogP contribution in [0.4, 0.5) is 0 Å². The molecule has 0 aliphatic carbocycles. The number of carbonyl (C=O) groups excluding carboxylic acids is 1. The van der Waals surface area contributed by atoms with Gasteiger partial charge in [0.2, 0.25) is 0 Å². The lowest BCUT2D eigenvalue weighted by molar-refractivity contribution is 0.0470. The molecule has 1 atom stereocenters. The Kier molecular flexibility index (Phi) is 5.04. The molecular formula is C13H23N3O2S. The van der Waals surface area contributed by atoms with Gasteiger partial charge in [0.15, 0.2) is 0 Å². The summed E-state index contributed by atoms with van der Waals surface area (Å²) < 4.78 is 3.86. The third kappa shape index (κ3) is 4.54. The van der Waals surface area contributed by atoms with Crippen LogP contribution < -0.4 is 5.32 Å². The van der Waals surface area contributed by atoms with Crippen molar-refractivity contribution in [3.05, 3.63) is 10.6 Å². The molecule has 0 saturated heterocycles. The predicted octanol–water partition coefficient (Wildman–Crippen LogP) is 2.12. The monoisotopic (exact) mass is 285 g/mol. The predicted molar refractivity (Wildman–Crippen MR) is 76.5 cm³/mol. The lowest BCUT2D eigenvalue weighted by Crippen LogP contribution is -2.40. The van der Waals surface area contributed by atoms with E-state index in [2.05, 4.69) is 14.9 Å². The average Bonchev–Trinajstić information content (AvgIpc) is 2.74. The fraction of sp³-hybridized carbons (Fsp3) is 0.769. The quantitative estimate of drug-likeness (QED) is 0.869. The highest BCUT2D eigenvalue weighted by Gasteiger charge is 2.27. The zero-order chi connectivity index (χ0) is 14.7. The number of nitrogens with zero attached hydrogens (tertiary/aromatic N) is 2. The number of hydrogen-bond donors (Lipinski definition) is 2. The zero-order valence-corrected chi connectivity index (χ0v) is 13.1. The molecule has 6 heteroatoms. The fourth-order valence-corrected chi connectivity index (χ4v) is 2.60. The molecule has 2 N–H and O–H groups in total. The van der Waals surface area contributed by atoms with Gasteiger partial charge in [-0.05, 0) is 24.9 Å². The Bertz CT molecular complexity index is 435. The topological polar surface area (TPSA) is 75.1 Å². The average molecular weight is 285 g/mol. The second-order valence-corrected chi connectivity index (χ2v) is 6.88. The van der Waals surface area contributed by atoms with Crippen LogP contribution in [0.5, 0.6) is 0 Å². The second kappa shape index (κ2) is 5.96. The van der Waals surface area contributed by atoms with E-state index in [4.69, 9.17) is 0 Å². The minimum Gasteiger partial charge on any atom is -0.388 e. The van der Waals surface area contributed by atoms with E-state index >= 15 is 0 Å². The molecule has 19 heavy (non-hydrogen) atoms. The van der Waals surface area contributed by atoms with Crippen molar-refractivity contribution in [2.75, 3.05) is 6.54 Å².